The average Bonchev–Trinajstić information content (AvgIpc) is 3.53. The van der Waals surface area contributed by atoms with Crippen molar-refractivity contribution in [2.45, 2.75) is 70.5 Å². The van der Waals surface area contributed by atoms with Crippen molar-refractivity contribution in [3.8, 4) is 17.2 Å². The van der Waals surface area contributed by atoms with E-state index in [1.165, 1.54) is 17.3 Å². The number of hydrogen-bond acceptors (Lipinski definition) is 8. The van der Waals surface area contributed by atoms with Gasteiger partial charge in [0.15, 0.2) is 11.5 Å². The van der Waals surface area contributed by atoms with Gasteiger partial charge in [0, 0.05) is 16.5 Å². The lowest BCUT2D eigenvalue weighted by Crippen LogP contribution is -2.31. The minimum absolute atomic E-state index is 0.0697. The Kier molecular flexibility index (Phi) is 11.5. The topological polar surface area (TPSA) is 99.5 Å². The number of halogens is 1. The molecule has 2 N–H and O–H groups in total. The van der Waals surface area contributed by atoms with Crippen molar-refractivity contribution < 1.29 is 19.0 Å². The summed E-state index contributed by atoms with van der Waals surface area (Å²) < 4.78 is 20.0. The van der Waals surface area contributed by atoms with Gasteiger partial charge in [-0.25, -0.2) is 4.68 Å². The number of benzene rings is 4. The lowest BCUT2D eigenvalue weighted by Gasteiger charge is -2.29. The molecule has 0 fully saturated rings. The highest BCUT2D eigenvalue weighted by atomic mass is 35.5. The van der Waals surface area contributed by atoms with E-state index in [2.05, 4.69) is 55.7 Å². The van der Waals surface area contributed by atoms with Gasteiger partial charge < -0.3 is 24.8 Å². The lowest BCUT2D eigenvalue weighted by molar-refractivity contribution is -0.113. The Morgan fingerprint density at radius 3 is 2.35 bits per heavy atom. The van der Waals surface area contributed by atoms with Crippen molar-refractivity contribution in [2.75, 3.05) is 23.8 Å². The second kappa shape index (κ2) is 16.2. The Balaban J connectivity index is 1.34. The molecule has 0 radical (unpaired) electrons. The summed E-state index contributed by atoms with van der Waals surface area (Å²) in [5, 5.41) is 12.6. The molecule has 11 heteroatoms. The summed E-state index contributed by atoms with van der Waals surface area (Å²) in [5.41, 5.74) is 5.84. The normalized spacial score (nSPS) is 14.0. The van der Waals surface area contributed by atoms with E-state index in [0.717, 1.165) is 16.7 Å². The molecule has 1 atom stereocenters. The van der Waals surface area contributed by atoms with Crippen molar-refractivity contribution in [3.63, 3.8) is 0 Å². The van der Waals surface area contributed by atoms with E-state index in [9.17, 15) is 4.79 Å². The summed E-state index contributed by atoms with van der Waals surface area (Å²) in [7, 11) is 0. The number of carbonyl (C=O) groups is 1. The SMILES string of the molecule is CCOc1ccccc1NC(=O)C1=C(C)Nc2nc(SCc3ccccc3Cl)nn2C1c1ccc(OCc2ccc(C(C)(C)C)cc2)c(OCC)c1. The maximum atomic E-state index is 14.3. The van der Waals surface area contributed by atoms with Crippen LogP contribution in [0.5, 0.6) is 17.2 Å². The summed E-state index contributed by atoms with van der Waals surface area (Å²) in [6, 6.07) is 28.7. The van der Waals surface area contributed by atoms with E-state index < -0.39 is 6.04 Å². The van der Waals surface area contributed by atoms with E-state index >= 15 is 0 Å². The Morgan fingerprint density at radius 1 is 0.904 bits per heavy atom. The molecule has 1 aliphatic rings. The highest BCUT2D eigenvalue weighted by molar-refractivity contribution is 7.98. The molecule has 6 rings (SSSR count). The number of rotatable bonds is 13. The molecule has 9 nitrogen and oxygen atoms in total. The molecule has 0 saturated heterocycles. The molecule has 270 valence electrons. The predicted molar refractivity (Wildman–Crippen MR) is 209 cm³/mol. The van der Waals surface area contributed by atoms with Crippen LogP contribution in [0.1, 0.15) is 69.8 Å². The van der Waals surface area contributed by atoms with E-state index in [0.29, 0.717) is 75.9 Å². The zero-order valence-electron chi connectivity index (χ0n) is 30.3. The number of carbonyl (C=O) groups excluding carboxylic acids is 1. The fraction of sp³-hybridized carbons (Fsp3) is 0.293. The lowest BCUT2D eigenvalue weighted by atomic mass is 9.87. The number of nitrogens with one attached hydrogen (secondary N) is 2. The number of amides is 1. The maximum absolute atomic E-state index is 14.3. The number of allylic oxidation sites excluding steroid dienone is 1. The Bertz CT molecular complexity index is 2070. The predicted octanol–water partition coefficient (Wildman–Crippen LogP) is 9.83. The van der Waals surface area contributed by atoms with Crippen LogP contribution < -0.4 is 24.8 Å². The van der Waals surface area contributed by atoms with E-state index in [4.69, 9.17) is 35.9 Å². The quantitative estimate of drug-likeness (QED) is 0.115. The zero-order chi connectivity index (χ0) is 36.8. The van der Waals surface area contributed by atoms with Crippen LogP contribution in [0.25, 0.3) is 0 Å². The first-order chi connectivity index (χ1) is 25.0. The number of thioether (sulfide) groups is 1. The van der Waals surface area contributed by atoms with Crippen molar-refractivity contribution in [3.05, 3.63) is 130 Å². The highest BCUT2D eigenvalue weighted by Crippen LogP contribution is 2.41. The zero-order valence-corrected chi connectivity index (χ0v) is 31.9. The first kappa shape index (κ1) is 36.8. The third kappa shape index (κ3) is 8.40. The monoisotopic (exact) mass is 737 g/mol. The number of hydrogen-bond donors (Lipinski definition) is 2. The Morgan fingerprint density at radius 2 is 1.62 bits per heavy atom. The van der Waals surface area contributed by atoms with Crippen LogP contribution in [-0.2, 0) is 22.6 Å². The molecule has 1 aromatic heterocycles. The minimum atomic E-state index is -0.643. The van der Waals surface area contributed by atoms with Crippen LogP contribution in [0, 0.1) is 0 Å². The van der Waals surface area contributed by atoms with Crippen molar-refractivity contribution in [2.24, 2.45) is 0 Å². The van der Waals surface area contributed by atoms with E-state index in [1.54, 1.807) is 4.68 Å². The molecule has 0 bridgehead atoms. The van der Waals surface area contributed by atoms with Gasteiger partial charge in [0.2, 0.25) is 11.1 Å². The standard InChI is InChI=1S/C41H44ClN5O4S/c1-7-49-33-16-12-11-15-32(33)44-38(48)36-26(3)43-39-45-40(52-25-29-13-9-10-14-31(29)42)46-47(39)37(36)28-19-22-34(35(23-28)50-8-2)51-24-27-17-20-30(21-18-27)41(4,5)6/h9-23,37H,7-8,24-25H2,1-6H3,(H,44,48)(H,43,45,46). The van der Waals surface area contributed by atoms with Gasteiger partial charge in [-0.05, 0) is 78.8 Å². The smallest absolute Gasteiger partial charge is 0.255 e. The molecule has 52 heavy (non-hydrogen) atoms. The van der Waals surface area contributed by atoms with Crippen molar-refractivity contribution in [1.29, 1.82) is 0 Å². The van der Waals surface area contributed by atoms with Crippen LogP contribution in [0.4, 0.5) is 11.6 Å². The number of aromatic nitrogens is 3. The molecule has 0 saturated carbocycles. The number of para-hydroxylation sites is 2. The maximum Gasteiger partial charge on any atom is 0.255 e. The van der Waals surface area contributed by atoms with Gasteiger partial charge in [-0.1, -0.05) is 105 Å². The summed E-state index contributed by atoms with van der Waals surface area (Å²) in [6.45, 7) is 13.6. The number of nitrogens with zero attached hydrogens (tertiary/aromatic N) is 3. The van der Waals surface area contributed by atoms with Crippen molar-refractivity contribution in [1.82, 2.24) is 14.8 Å². The van der Waals surface area contributed by atoms with Gasteiger partial charge in [-0.2, -0.15) is 4.98 Å². The van der Waals surface area contributed by atoms with Crippen LogP contribution in [0.2, 0.25) is 5.02 Å². The van der Waals surface area contributed by atoms with Gasteiger partial charge >= 0.3 is 0 Å². The van der Waals surface area contributed by atoms with Gasteiger partial charge in [0.25, 0.3) is 5.91 Å². The molecular formula is C41H44ClN5O4S. The second-order valence-corrected chi connectivity index (χ2v) is 14.7. The molecule has 1 amide bonds. The Hall–Kier alpha value is -4.93. The molecule has 1 unspecified atom stereocenters. The number of fused-ring (bicyclic) bond motifs is 1. The summed E-state index contributed by atoms with van der Waals surface area (Å²) in [6.07, 6.45) is 0. The van der Waals surface area contributed by atoms with E-state index in [1.807, 2.05) is 87.5 Å². The van der Waals surface area contributed by atoms with E-state index in [-0.39, 0.29) is 11.3 Å². The van der Waals surface area contributed by atoms with Crippen molar-refractivity contribution >= 4 is 40.9 Å². The van der Waals surface area contributed by atoms with Gasteiger partial charge in [-0.15, -0.1) is 5.10 Å². The third-order valence-electron chi connectivity index (χ3n) is 8.63. The molecule has 0 spiro atoms. The molecule has 0 aliphatic carbocycles. The molecule has 4 aromatic carbocycles. The highest BCUT2D eigenvalue weighted by Gasteiger charge is 2.35. The first-order valence-corrected chi connectivity index (χ1v) is 18.7. The second-order valence-electron chi connectivity index (χ2n) is 13.4. The fourth-order valence-electron chi connectivity index (χ4n) is 5.94. The van der Waals surface area contributed by atoms with Gasteiger partial charge in [-0.3, -0.25) is 4.79 Å². The number of ether oxygens (including phenoxy) is 3. The largest absolute Gasteiger partial charge is 0.492 e. The van der Waals surface area contributed by atoms with Gasteiger partial charge in [0.05, 0.1) is 24.5 Å². The van der Waals surface area contributed by atoms with Crippen LogP contribution in [0.3, 0.4) is 0 Å². The molecule has 1 aliphatic heterocycles. The van der Waals surface area contributed by atoms with Gasteiger partial charge in [0.1, 0.15) is 18.4 Å². The molecular weight excluding hydrogens is 694 g/mol. The summed E-state index contributed by atoms with van der Waals surface area (Å²) in [4.78, 5) is 19.1. The van der Waals surface area contributed by atoms with Crippen LogP contribution in [-0.4, -0.2) is 33.9 Å². The average molecular weight is 738 g/mol. The minimum Gasteiger partial charge on any atom is -0.492 e. The summed E-state index contributed by atoms with van der Waals surface area (Å²) in [5.74, 6) is 2.56. The van der Waals surface area contributed by atoms with Crippen LogP contribution >= 0.6 is 23.4 Å². The Labute approximate surface area is 314 Å². The first-order valence-electron chi connectivity index (χ1n) is 17.4. The summed E-state index contributed by atoms with van der Waals surface area (Å²) >= 11 is 7.92. The third-order valence-corrected chi connectivity index (χ3v) is 9.88. The fourth-order valence-corrected chi connectivity index (χ4v) is 7.05. The molecule has 2 heterocycles. The number of anilines is 2. The molecule has 5 aromatic rings. The van der Waals surface area contributed by atoms with Crippen LogP contribution in [0.15, 0.2) is 107 Å².